The number of halogens is 1. The maximum absolute atomic E-state index is 12.8. The number of carbonyl (C=O) groups is 1. The minimum Gasteiger partial charge on any atom is -0.423 e. The highest BCUT2D eigenvalue weighted by Gasteiger charge is 2.22. The average Bonchev–Trinajstić information content (AvgIpc) is 3.00. The van der Waals surface area contributed by atoms with Crippen LogP contribution in [0.4, 0.5) is 0 Å². The van der Waals surface area contributed by atoms with Crippen molar-refractivity contribution in [3.63, 3.8) is 0 Å². The van der Waals surface area contributed by atoms with Crippen LogP contribution in [0.15, 0.2) is 50.5 Å². The van der Waals surface area contributed by atoms with Crippen LogP contribution in [-0.4, -0.2) is 32.8 Å². The first-order chi connectivity index (χ1) is 15.2. The monoisotopic (exact) mass is 475 g/mol. The van der Waals surface area contributed by atoms with E-state index in [1.807, 2.05) is 0 Å². The van der Waals surface area contributed by atoms with E-state index in [9.17, 15) is 18.0 Å². The summed E-state index contributed by atoms with van der Waals surface area (Å²) in [4.78, 5) is 25.1. The minimum atomic E-state index is -3.75. The number of rotatable bonds is 4. The molecule has 4 rings (SSSR count). The van der Waals surface area contributed by atoms with E-state index in [4.69, 9.17) is 20.8 Å². The van der Waals surface area contributed by atoms with E-state index in [1.165, 1.54) is 38.4 Å². The van der Waals surface area contributed by atoms with E-state index in [2.05, 4.69) is 0 Å². The van der Waals surface area contributed by atoms with Gasteiger partial charge in [0.1, 0.15) is 11.3 Å². The number of aryl methyl sites for hydroxylation is 1. The molecule has 1 heterocycles. The molecule has 0 N–H and O–H groups in total. The first-order valence-corrected chi connectivity index (χ1v) is 12.0. The van der Waals surface area contributed by atoms with Gasteiger partial charge in [-0.3, -0.25) is 0 Å². The Morgan fingerprint density at radius 2 is 1.75 bits per heavy atom. The summed E-state index contributed by atoms with van der Waals surface area (Å²) in [6.45, 7) is 0. The SMILES string of the molecule is CN(C)S(=O)(=O)c1ccc(Cl)c(C(=O)Oc2ccc3c4c(c(=O)oc3c2)CCCCC4)c1. The Hall–Kier alpha value is -2.68. The lowest BCUT2D eigenvalue weighted by atomic mass is 10.0. The molecular formula is C23H22ClNO6S. The standard InChI is InChI=1S/C23H22ClNO6S/c1-25(2)32(28,29)15-9-11-20(24)19(13-15)23(27)30-14-8-10-17-16-6-4-3-5-7-18(16)22(26)31-21(17)12-14/h8-13H,3-7H2,1-2H3. The maximum atomic E-state index is 12.8. The number of ether oxygens (including phenoxy) is 1. The molecular weight excluding hydrogens is 454 g/mol. The van der Waals surface area contributed by atoms with E-state index in [0.717, 1.165) is 46.5 Å². The molecule has 0 saturated heterocycles. The van der Waals surface area contributed by atoms with Crippen LogP contribution in [0.1, 0.15) is 40.7 Å². The first-order valence-electron chi connectivity index (χ1n) is 10.2. The summed E-state index contributed by atoms with van der Waals surface area (Å²) in [5, 5.41) is 0.892. The van der Waals surface area contributed by atoms with Gasteiger partial charge in [-0.05, 0) is 61.6 Å². The second-order valence-corrected chi connectivity index (χ2v) is 10.4. The fourth-order valence-corrected chi connectivity index (χ4v) is 4.98. The molecule has 0 unspecified atom stereocenters. The Kier molecular flexibility index (Phi) is 6.11. The van der Waals surface area contributed by atoms with Crippen molar-refractivity contribution in [2.24, 2.45) is 0 Å². The van der Waals surface area contributed by atoms with Gasteiger partial charge in [0.05, 0.1) is 15.5 Å². The van der Waals surface area contributed by atoms with E-state index < -0.39 is 16.0 Å². The van der Waals surface area contributed by atoms with Crippen molar-refractivity contribution in [3.05, 3.63) is 68.5 Å². The zero-order valence-electron chi connectivity index (χ0n) is 17.7. The average molecular weight is 476 g/mol. The van der Waals surface area contributed by atoms with Crippen molar-refractivity contribution in [2.75, 3.05) is 14.1 Å². The smallest absolute Gasteiger partial charge is 0.345 e. The van der Waals surface area contributed by atoms with E-state index >= 15 is 0 Å². The van der Waals surface area contributed by atoms with Crippen LogP contribution < -0.4 is 10.4 Å². The quantitative estimate of drug-likeness (QED) is 0.243. The van der Waals surface area contributed by atoms with Gasteiger partial charge in [-0.2, -0.15) is 0 Å². The van der Waals surface area contributed by atoms with Crippen molar-refractivity contribution in [2.45, 2.75) is 37.0 Å². The molecule has 0 radical (unpaired) electrons. The molecule has 0 saturated carbocycles. The number of sulfonamides is 1. The Bertz CT molecular complexity index is 1380. The third-order valence-corrected chi connectivity index (χ3v) is 7.73. The zero-order valence-corrected chi connectivity index (χ0v) is 19.3. The molecule has 1 aliphatic carbocycles. The molecule has 0 aliphatic heterocycles. The molecule has 0 fully saturated rings. The number of hydrogen-bond donors (Lipinski definition) is 0. The van der Waals surface area contributed by atoms with Crippen molar-refractivity contribution >= 4 is 38.6 Å². The number of hydrogen-bond acceptors (Lipinski definition) is 6. The third-order valence-electron chi connectivity index (χ3n) is 5.59. The predicted octanol–water partition coefficient (Wildman–Crippen LogP) is 4.18. The van der Waals surface area contributed by atoms with Crippen LogP contribution in [0, 0.1) is 0 Å². The van der Waals surface area contributed by atoms with E-state index in [-0.39, 0.29) is 26.9 Å². The summed E-state index contributed by atoms with van der Waals surface area (Å²) in [5.74, 6) is -0.654. The molecule has 9 heteroatoms. The molecule has 7 nitrogen and oxygen atoms in total. The van der Waals surface area contributed by atoms with Gasteiger partial charge < -0.3 is 9.15 Å². The van der Waals surface area contributed by atoms with Crippen molar-refractivity contribution in [1.82, 2.24) is 4.31 Å². The second-order valence-electron chi connectivity index (χ2n) is 7.88. The number of esters is 1. The number of nitrogens with zero attached hydrogens (tertiary/aromatic N) is 1. The van der Waals surface area contributed by atoms with Crippen LogP contribution in [0.3, 0.4) is 0 Å². The molecule has 0 bridgehead atoms. The van der Waals surface area contributed by atoms with Crippen molar-refractivity contribution < 1.29 is 22.4 Å². The van der Waals surface area contributed by atoms with Gasteiger partial charge in [-0.15, -0.1) is 0 Å². The van der Waals surface area contributed by atoms with E-state index in [0.29, 0.717) is 12.0 Å². The third kappa shape index (κ3) is 4.18. The van der Waals surface area contributed by atoms with Crippen molar-refractivity contribution in [3.8, 4) is 5.75 Å². The number of fused-ring (bicyclic) bond motifs is 3. The van der Waals surface area contributed by atoms with E-state index in [1.54, 1.807) is 12.1 Å². The van der Waals surface area contributed by atoms with Gasteiger partial charge in [0.2, 0.25) is 10.0 Å². The highest BCUT2D eigenvalue weighted by atomic mass is 35.5. The van der Waals surface area contributed by atoms with Crippen LogP contribution in [0.25, 0.3) is 11.0 Å². The fraction of sp³-hybridized carbons (Fsp3) is 0.304. The van der Waals surface area contributed by atoms with Gasteiger partial charge in [0.25, 0.3) is 0 Å². The highest BCUT2D eigenvalue weighted by molar-refractivity contribution is 7.89. The molecule has 2 aromatic carbocycles. The summed E-state index contributed by atoms with van der Waals surface area (Å²) >= 11 is 6.13. The number of carbonyl (C=O) groups excluding carboxylic acids is 1. The van der Waals surface area contributed by atoms with Gasteiger partial charge in [-0.25, -0.2) is 22.3 Å². The Morgan fingerprint density at radius 3 is 2.47 bits per heavy atom. The Labute approximate surface area is 190 Å². The molecule has 0 amide bonds. The molecule has 3 aromatic rings. The first kappa shape index (κ1) is 22.5. The Balaban J connectivity index is 1.68. The van der Waals surface area contributed by atoms with Crippen LogP contribution >= 0.6 is 11.6 Å². The molecule has 168 valence electrons. The van der Waals surface area contributed by atoms with Crippen LogP contribution in [0.2, 0.25) is 5.02 Å². The fourth-order valence-electron chi connectivity index (χ4n) is 3.86. The summed E-state index contributed by atoms with van der Waals surface area (Å²) in [5.41, 5.74) is 1.62. The van der Waals surface area contributed by atoms with Gasteiger partial charge in [0.15, 0.2) is 0 Å². The topological polar surface area (TPSA) is 93.9 Å². The molecule has 1 aromatic heterocycles. The van der Waals surface area contributed by atoms with Gasteiger partial charge >= 0.3 is 11.6 Å². The van der Waals surface area contributed by atoms with Gasteiger partial charge in [-0.1, -0.05) is 18.0 Å². The zero-order chi connectivity index (χ0) is 23.0. The predicted molar refractivity (Wildman–Crippen MR) is 121 cm³/mol. The summed E-state index contributed by atoms with van der Waals surface area (Å²) in [6, 6.07) is 8.74. The molecule has 0 atom stereocenters. The number of benzene rings is 2. The largest absolute Gasteiger partial charge is 0.423 e. The summed E-state index contributed by atoms with van der Waals surface area (Å²) in [6.07, 6.45) is 4.54. The molecule has 1 aliphatic rings. The van der Waals surface area contributed by atoms with Crippen molar-refractivity contribution in [1.29, 1.82) is 0 Å². The molecule has 32 heavy (non-hydrogen) atoms. The highest BCUT2D eigenvalue weighted by Crippen LogP contribution is 2.30. The second kappa shape index (κ2) is 8.69. The van der Waals surface area contributed by atoms with Crippen LogP contribution in [0.5, 0.6) is 5.75 Å². The minimum absolute atomic E-state index is 0.0605. The lowest BCUT2D eigenvalue weighted by molar-refractivity contribution is 0.0735. The summed E-state index contributed by atoms with van der Waals surface area (Å²) in [7, 11) is -0.962. The molecule has 0 spiro atoms. The normalized spacial score (nSPS) is 14.2. The lowest BCUT2D eigenvalue weighted by Gasteiger charge is -2.13. The Morgan fingerprint density at radius 1 is 1.03 bits per heavy atom. The van der Waals surface area contributed by atoms with Crippen LogP contribution in [-0.2, 0) is 22.9 Å². The van der Waals surface area contributed by atoms with Gasteiger partial charge in [0, 0.05) is 31.1 Å². The maximum Gasteiger partial charge on any atom is 0.345 e. The lowest BCUT2D eigenvalue weighted by Crippen LogP contribution is -2.22. The summed E-state index contributed by atoms with van der Waals surface area (Å²) < 4.78 is 36.7.